The smallest absolute Gasteiger partial charge is 0.389 e. The van der Waals surface area contributed by atoms with Gasteiger partial charge >= 0.3 is 12.1 Å². The first-order chi connectivity index (χ1) is 13.4. The van der Waals surface area contributed by atoms with Gasteiger partial charge in [-0.25, -0.2) is 14.8 Å². The molecule has 2 aromatic rings. The predicted molar refractivity (Wildman–Crippen MR) is 98.9 cm³/mol. The van der Waals surface area contributed by atoms with Crippen LogP contribution in [0.2, 0.25) is 0 Å². The van der Waals surface area contributed by atoms with E-state index < -0.39 is 18.6 Å². The number of carbonyl (C=O) groups is 1. The van der Waals surface area contributed by atoms with Crippen LogP contribution < -0.4 is 0 Å². The quantitative estimate of drug-likeness (QED) is 0.511. The third kappa shape index (κ3) is 7.62. The Labute approximate surface area is 162 Å². The minimum absolute atomic E-state index is 0.0897. The third-order valence-electron chi connectivity index (χ3n) is 4.37. The van der Waals surface area contributed by atoms with Crippen molar-refractivity contribution in [3.63, 3.8) is 0 Å². The van der Waals surface area contributed by atoms with Crippen molar-refractivity contribution >= 4 is 5.97 Å². The minimum Gasteiger partial charge on any atom is -0.478 e. The monoisotopic (exact) mass is 395 g/mol. The van der Waals surface area contributed by atoms with E-state index in [0.717, 1.165) is 32.1 Å². The molecule has 0 aromatic carbocycles. The fraction of sp³-hybridized carbons (Fsp3) is 0.500. The van der Waals surface area contributed by atoms with Crippen LogP contribution in [0.4, 0.5) is 13.2 Å². The molecule has 0 aliphatic carbocycles. The number of carboxylic acid groups (broad SMARTS) is 1. The Bertz CT molecular complexity index is 752. The Kier molecular flexibility index (Phi) is 8.35. The number of hydrogen-bond donors (Lipinski definition) is 1. The Morgan fingerprint density at radius 1 is 0.964 bits per heavy atom. The summed E-state index contributed by atoms with van der Waals surface area (Å²) in [5.41, 5.74) is 1.15. The van der Waals surface area contributed by atoms with Crippen LogP contribution >= 0.6 is 0 Å². The maximum atomic E-state index is 12.1. The van der Waals surface area contributed by atoms with Crippen molar-refractivity contribution in [1.82, 2.24) is 15.0 Å². The molecule has 0 saturated carbocycles. The molecule has 0 amide bonds. The molecule has 0 spiro atoms. The Morgan fingerprint density at radius 2 is 1.64 bits per heavy atom. The van der Waals surface area contributed by atoms with Gasteiger partial charge in [-0.15, -0.1) is 0 Å². The van der Waals surface area contributed by atoms with Crippen LogP contribution in [0.1, 0.15) is 67.4 Å². The van der Waals surface area contributed by atoms with E-state index in [4.69, 9.17) is 0 Å². The van der Waals surface area contributed by atoms with E-state index in [1.807, 2.05) is 6.07 Å². The first-order valence-corrected chi connectivity index (χ1v) is 9.44. The lowest BCUT2D eigenvalue weighted by atomic mass is 10.0. The zero-order valence-corrected chi connectivity index (χ0v) is 15.6. The van der Waals surface area contributed by atoms with E-state index in [1.165, 1.54) is 6.20 Å². The first-order valence-electron chi connectivity index (χ1n) is 9.44. The second kappa shape index (κ2) is 10.7. The average Bonchev–Trinajstić information content (AvgIpc) is 2.66. The number of rotatable bonds is 11. The topological polar surface area (TPSA) is 76.0 Å². The fourth-order valence-electron chi connectivity index (χ4n) is 2.91. The molecule has 2 heterocycles. The van der Waals surface area contributed by atoms with Crippen molar-refractivity contribution in [3.05, 3.63) is 41.9 Å². The minimum atomic E-state index is -4.06. The van der Waals surface area contributed by atoms with E-state index in [0.29, 0.717) is 30.1 Å². The van der Waals surface area contributed by atoms with Crippen molar-refractivity contribution in [3.8, 4) is 11.5 Å². The Hall–Kier alpha value is -2.51. The number of aryl methyl sites for hydroxylation is 1. The summed E-state index contributed by atoms with van der Waals surface area (Å²) in [4.78, 5) is 24.1. The van der Waals surface area contributed by atoms with Crippen LogP contribution in [0.25, 0.3) is 11.5 Å². The molecule has 0 saturated heterocycles. The van der Waals surface area contributed by atoms with Crippen molar-refractivity contribution in [2.24, 2.45) is 0 Å². The summed E-state index contributed by atoms with van der Waals surface area (Å²) in [5, 5.41) is 9.33. The van der Waals surface area contributed by atoms with Crippen LogP contribution in [-0.4, -0.2) is 32.2 Å². The average molecular weight is 395 g/mol. The lowest BCUT2D eigenvalue weighted by Crippen LogP contribution is -2.08. The number of nitrogens with zero attached hydrogens (tertiary/aromatic N) is 3. The van der Waals surface area contributed by atoms with E-state index in [9.17, 15) is 23.1 Å². The van der Waals surface area contributed by atoms with Gasteiger partial charge in [0.25, 0.3) is 0 Å². The van der Waals surface area contributed by atoms with Crippen LogP contribution in [0.15, 0.2) is 30.6 Å². The van der Waals surface area contributed by atoms with Crippen LogP contribution in [-0.2, 0) is 6.42 Å². The molecule has 28 heavy (non-hydrogen) atoms. The summed E-state index contributed by atoms with van der Waals surface area (Å²) < 4.78 is 36.2. The summed E-state index contributed by atoms with van der Waals surface area (Å²) in [6.07, 6.45) is 3.66. The fourth-order valence-corrected chi connectivity index (χ4v) is 2.91. The van der Waals surface area contributed by atoms with Gasteiger partial charge in [0.2, 0.25) is 0 Å². The highest BCUT2D eigenvalue weighted by molar-refractivity contribution is 5.88. The summed E-state index contributed by atoms with van der Waals surface area (Å²) >= 11 is 0. The lowest BCUT2D eigenvalue weighted by Gasteiger charge is -2.08. The molecule has 0 aliphatic heterocycles. The van der Waals surface area contributed by atoms with Gasteiger partial charge in [-0.2, -0.15) is 13.2 Å². The number of halogens is 3. The molecule has 0 radical (unpaired) electrons. The SMILES string of the molecule is O=C(O)c1cnc(-c2ccccn2)nc1CCCCCCCCCC(F)(F)F. The second-order valence-electron chi connectivity index (χ2n) is 6.66. The zero-order valence-electron chi connectivity index (χ0n) is 15.6. The van der Waals surface area contributed by atoms with Gasteiger partial charge in [0.1, 0.15) is 5.69 Å². The summed E-state index contributed by atoms with van der Waals surface area (Å²) in [6.45, 7) is 0. The van der Waals surface area contributed by atoms with Gasteiger partial charge in [0.05, 0.1) is 11.3 Å². The highest BCUT2D eigenvalue weighted by atomic mass is 19.4. The van der Waals surface area contributed by atoms with Crippen LogP contribution in [0.3, 0.4) is 0 Å². The van der Waals surface area contributed by atoms with Gasteiger partial charge in [0, 0.05) is 18.8 Å². The standard InChI is InChI=1S/C20H24F3N3O2/c21-20(22,23)12-8-5-3-1-2-4-6-10-16-15(19(27)28)14-25-18(26-16)17-11-7-9-13-24-17/h7,9,11,13-14H,1-6,8,10,12H2,(H,27,28). The lowest BCUT2D eigenvalue weighted by molar-refractivity contribution is -0.135. The van der Waals surface area contributed by atoms with Crippen LogP contribution in [0.5, 0.6) is 0 Å². The predicted octanol–water partition coefficient (Wildman–Crippen LogP) is 5.46. The molecule has 8 heteroatoms. The van der Waals surface area contributed by atoms with E-state index in [2.05, 4.69) is 15.0 Å². The molecule has 1 N–H and O–H groups in total. The molecule has 152 valence electrons. The van der Waals surface area contributed by atoms with Gasteiger partial charge in [-0.05, 0) is 31.4 Å². The van der Waals surface area contributed by atoms with E-state index >= 15 is 0 Å². The zero-order chi connectivity index (χ0) is 20.4. The Morgan fingerprint density at radius 3 is 2.25 bits per heavy atom. The molecule has 0 fully saturated rings. The Balaban J connectivity index is 1.79. The molecular formula is C20H24F3N3O2. The number of hydrogen-bond acceptors (Lipinski definition) is 4. The summed E-state index contributed by atoms with van der Waals surface area (Å²) in [5.74, 6) is -0.669. The number of pyridine rings is 1. The number of alkyl halides is 3. The summed E-state index contributed by atoms with van der Waals surface area (Å²) in [7, 11) is 0. The van der Waals surface area contributed by atoms with Gasteiger partial charge < -0.3 is 5.11 Å². The third-order valence-corrected chi connectivity index (χ3v) is 4.37. The number of unbranched alkanes of at least 4 members (excludes halogenated alkanes) is 6. The number of carboxylic acids is 1. The molecule has 0 bridgehead atoms. The molecule has 0 atom stereocenters. The van der Waals surface area contributed by atoms with Crippen molar-refractivity contribution in [2.45, 2.75) is 64.0 Å². The normalized spacial score (nSPS) is 11.5. The molecular weight excluding hydrogens is 371 g/mol. The highest BCUT2D eigenvalue weighted by Gasteiger charge is 2.25. The second-order valence-corrected chi connectivity index (χ2v) is 6.66. The first kappa shape index (κ1) is 21.8. The highest BCUT2D eigenvalue weighted by Crippen LogP contribution is 2.23. The molecule has 0 unspecified atom stereocenters. The molecule has 0 aliphatic rings. The van der Waals surface area contributed by atoms with Crippen molar-refractivity contribution in [2.75, 3.05) is 0 Å². The van der Waals surface area contributed by atoms with Crippen molar-refractivity contribution < 1.29 is 23.1 Å². The number of aromatic nitrogens is 3. The van der Waals surface area contributed by atoms with E-state index in [-0.39, 0.29) is 12.0 Å². The van der Waals surface area contributed by atoms with Crippen molar-refractivity contribution in [1.29, 1.82) is 0 Å². The maximum absolute atomic E-state index is 12.1. The molecule has 2 aromatic heterocycles. The van der Waals surface area contributed by atoms with Gasteiger partial charge in [0.15, 0.2) is 5.82 Å². The maximum Gasteiger partial charge on any atom is 0.389 e. The number of aromatic carboxylic acids is 1. The molecule has 5 nitrogen and oxygen atoms in total. The van der Waals surface area contributed by atoms with Gasteiger partial charge in [-0.3, -0.25) is 4.98 Å². The largest absolute Gasteiger partial charge is 0.478 e. The van der Waals surface area contributed by atoms with Crippen LogP contribution in [0, 0.1) is 0 Å². The van der Waals surface area contributed by atoms with E-state index in [1.54, 1.807) is 18.3 Å². The summed E-state index contributed by atoms with van der Waals surface area (Å²) in [6, 6.07) is 5.35. The van der Waals surface area contributed by atoms with Gasteiger partial charge in [-0.1, -0.05) is 38.2 Å². The molecule has 2 rings (SSSR count).